The molecule has 0 fully saturated rings. The third-order valence-electron chi connectivity index (χ3n) is 6.10. The molecule has 3 heterocycles. The van der Waals surface area contributed by atoms with Crippen molar-refractivity contribution in [2.75, 3.05) is 13.6 Å². The average molecular weight is 480 g/mol. The third-order valence-corrected chi connectivity index (χ3v) is 6.10. The van der Waals surface area contributed by atoms with Gasteiger partial charge in [0.15, 0.2) is 0 Å². The zero-order chi connectivity index (χ0) is 24.9. The van der Waals surface area contributed by atoms with E-state index in [0.717, 1.165) is 41.1 Å². The van der Waals surface area contributed by atoms with Crippen LogP contribution in [0.4, 0.5) is 0 Å². The summed E-state index contributed by atoms with van der Waals surface area (Å²) in [7, 11) is 1.83. The number of ether oxygens (including phenoxy) is 1. The average Bonchev–Trinajstić information content (AvgIpc) is 3.54. The van der Waals surface area contributed by atoms with Crippen LogP contribution in [0.15, 0.2) is 85.2 Å². The lowest BCUT2D eigenvalue weighted by molar-refractivity contribution is 0.0793. The Morgan fingerprint density at radius 3 is 2.75 bits per heavy atom. The van der Waals surface area contributed by atoms with Crippen molar-refractivity contribution in [3.05, 3.63) is 108 Å². The number of benzene rings is 2. The number of nitrogens with zero attached hydrogens (tertiary/aromatic N) is 4. The van der Waals surface area contributed by atoms with Crippen molar-refractivity contribution in [2.24, 2.45) is 0 Å². The lowest BCUT2D eigenvalue weighted by Gasteiger charge is -2.17. The van der Waals surface area contributed by atoms with Crippen molar-refractivity contribution in [3.8, 4) is 17.0 Å². The zero-order valence-corrected chi connectivity index (χ0v) is 20.5. The molecule has 1 N–H and O–H groups in total. The number of aromatic nitrogens is 4. The Morgan fingerprint density at radius 2 is 1.89 bits per heavy atom. The van der Waals surface area contributed by atoms with Crippen molar-refractivity contribution >= 4 is 11.6 Å². The Bertz CT molecular complexity index is 1470. The Hall–Kier alpha value is -4.39. The van der Waals surface area contributed by atoms with Crippen molar-refractivity contribution in [1.29, 1.82) is 0 Å². The molecule has 5 aromatic rings. The zero-order valence-electron chi connectivity index (χ0n) is 20.5. The van der Waals surface area contributed by atoms with Crippen LogP contribution in [0.1, 0.15) is 33.7 Å². The van der Waals surface area contributed by atoms with Gasteiger partial charge in [0.25, 0.3) is 5.91 Å². The van der Waals surface area contributed by atoms with E-state index < -0.39 is 0 Å². The summed E-state index contributed by atoms with van der Waals surface area (Å²) in [6.45, 7) is 3.03. The van der Waals surface area contributed by atoms with Crippen LogP contribution < -0.4 is 4.74 Å². The molecule has 36 heavy (non-hydrogen) atoms. The Balaban J connectivity index is 1.14. The fraction of sp³-hybridized carbons (Fsp3) is 0.207. The van der Waals surface area contributed by atoms with Gasteiger partial charge < -0.3 is 14.0 Å². The molecule has 0 radical (unpaired) electrons. The Labute approximate surface area is 210 Å². The number of amides is 1. The standard InChI is InChI=1S/C29H29N5O2/c1-21-13-14-28-30-25(19-34(28)18-21)20-36-26-12-6-10-23(16-26)29(35)33(2)15-7-11-24-17-27(32-31-24)22-8-4-3-5-9-22/h3-6,8-10,12-14,16-19H,7,11,15,20H2,1-2H3,(H,31,32). The topological polar surface area (TPSA) is 75.5 Å². The second-order valence-electron chi connectivity index (χ2n) is 9.00. The van der Waals surface area contributed by atoms with E-state index in [1.54, 1.807) is 11.0 Å². The minimum Gasteiger partial charge on any atom is -0.487 e. The molecule has 0 aliphatic carbocycles. The molecule has 5 rings (SSSR count). The SMILES string of the molecule is Cc1ccc2nc(COc3cccc(C(=O)N(C)CCCc4cc(-c5ccccc5)n[nH]4)c3)cn2c1. The van der Waals surface area contributed by atoms with Gasteiger partial charge in [-0.15, -0.1) is 0 Å². The highest BCUT2D eigenvalue weighted by Gasteiger charge is 2.13. The molecule has 7 nitrogen and oxygen atoms in total. The minimum absolute atomic E-state index is 0.0294. The maximum atomic E-state index is 13.0. The summed E-state index contributed by atoms with van der Waals surface area (Å²) in [5.74, 6) is 0.617. The van der Waals surface area contributed by atoms with Gasteiger partial charge in [-0.05, 0) is 55.7 Å². The second-order valence-corrected chi connectivity index (χ2v) is 9.00. The second kappa shape index (κ2) is 10.5. The number of hydrogen-bond acceptors (Lipinski definition) is 4. The largest absolute Gasteiger partial charge is 0.487 e. The first-order valence-electron chi connectivity index (χ1n) is 12.1. The fourth-order valence-electron chi connectivity index (χ4n) is 4.18. The molecule has 0 unspecified atom stereocenters. The van der Waals surface area contributed by atoms with E-state index in [1.165, 1.54) is 5.56 Å². The molecule has 1 amide bonds. The number of aromatic amines is 1. The summed E-state index contributed by atoms with van der Waals surface area (Å²) in [5.41, 5.74) is 6.58. The first-order chi connectivity index (χ1) is 17.5. The molecular formula is C29H29N5O2. The summed E-state index contributed by atoms with van der Waals surface area (Å²) in [5, 5.41) is 7.52. The lowest BCUT2D eigenvalue weighted by atomic mass is 10.1. The number of carbonyl (C=O) groups is 1. The maximum absolute atomic E-state index is 13.0. The molecular weight excluding hydrogens is 450 g/mol. The highest BCUT2D eigenvalue weighted by atomic mass is 16.5. The lowest BCUT2D eigenvalue weighted by Crippen LogP contribution is -2.28. The van der Waals surface area contributed by atoms with Gasteiger partial charge in [0.2, 0.25) is 0 Å². The van der Waals surface area contributed by atoms with Crippen LogP contribution >= 0.6 is 0 Å². The summed E-state index contributed by atoms with van der Waals surface area (Å²) >= 11 is 0. The number of fused-ring (bicyclic) bond motifs is 1. The van der Waals surface area contributed by atoms with Crippen LogP contribution in [-0.2, 0) is 13.0 Å². The van der Waals surface area contributed by atoms with E-state index in [0.29, 0.717) is 24.5 Å². The van der Waals surface area contributed by atoms with Crippen LogP contribution in [-0.4, -0.2) is 44.0 Å². The monoisotopic (exact) mass is 479 g/mol. The number of pyridine rings is 1. The van der Waals surface area contributed by atoms with Gasteiger partial charge >= 0.3 is 0 Å². The molecule has 0 aliphatic rings. The van der Waals surface area contributed by atoms with Gasteiger partial charge in [0, 0.05) is 42.8 Å². The number of carbonyl (C=O) groups excluding carboxylic acids is 1. The van der Waals surface area contributed by atoms with Gasteiger partial charge in [-0.25, -0.2) is 4.98 Å². The minimum atomic E-state index is -0.0294. The van der Waals surface area contributed by atoms with Crippen LogP contribution in [0.3, 0.4) is 0 Å². The molecule has 2 aromatic carbocycles. The van der Waals surface area contributed by atoms with Gasteiger partial charge in [-0.1, -0.05) is 42.5 Å². The first-order valence-corrected chi connectivity index (χ1v) is 12.1. The van der Waals surface area contributed by atoms with Gasteiger partial charge in [0.1, 0.15) is 18.0 Å². The van der Waals surface area contributed by atoms with E-state index in [2.05, 4.69) is 21.2 Å². The van der Waals surface area contributed by atoms with Crippen LogP contribution in [0, 0.1) is 6.92 Å². The Kier molecular flexibility index (Phi) is 6.80. The quantitative estimate of drug-likeness (QED) is 0.311. The predicted molar refractivity (Wildman–Crippen MR) is 140 cm³/mol. The fourth-order valence-corrected chi connectivity index (χ4v) is 4.18. The van der Waals surface area contributed by atoms with Crippen LogP contribution in [0.5, 0.6) is 5.75 Å². The van der Waals surface area contributed by atoms with E-state index in [-0.39, 0.29) is 5.91 Å². The number of nitrogens with one attached hydrogen (secondary N) is 1. The van der Waals surface area contributed by atoms with Crippen molar-refractivity contribution in [3.63, 3.8) is 0 Å². The smallest absolute Gasteiger partial charge is 0.253 e. The van der Waals surface area contributed by atoms with Crippen LogP contribution in [0.2, 0.25) is 0 Å². The normalized spacial score (nSPS) is 11.1. The number of H-pyrrole nitrogens is 1. The molecule has 7 heteroatoms. The molecule has 0 saturated carbocycles. The van der Waals surface area contributed by atoms with E-state index >= 15 is 0 Å². The van der Waals surface area contributed by atoms with Gasteiger partial charge in [-0.3, -0.25) is 9.89 Å². The van der Waals surface area contributed by atoms with Crippen molar-refractivity contribution < 1.29 is 9.53 Å². The van der Waals surface area contributed by atoms with Gasteiger partial charge in [0.05, 0.1) is 11.4 Å². The number of aryl methyl sites for hydroxylation is 2. The first kappa shape index (κ1) is 23.4. The highest BCUT2D eigenvalue weighted by molar-refractivity contribution is 5.94. The van der Waals surface area contributed by atoms with Crippen LogP contribution in [0.25, 0.3) is 16.9 Å². The highest BCUT2D eigenvalue weighted by Crippen LogP contribution is 2.19. The molecule has 0 bridgehead atoms. The number of hydrogen-bond donors (Lipinski definition) is 1. The summed E-state index contributed by atoms with van der Waals surface area (Å²) < 4.78 is 7.94. The number of imidazole rings is 1. The van der Waals surface area contributed by atoms with Gasteiger partial charge in [-0.2, -0.15) is 5.10 Å². The molecule has 3 aromatic heterocycles. The summed E-state index contributed by atoms with van der Waals surface area (Å²) in [6.07, 6.45) is 5.66. The summed E-state index contributed by atoms with van der Waals surface area (Å²) in [4.78, 5) is 19.3. The Morgan fingerprint density at radius 1 is 1.03 bits per heavy atom. The number of rotatable bonds is 9. The summed E-state index contributed by atoms with van der Waals surface area (Å²) in [6, 6.07) is 23.5. The predicted octanol–water partition coefficient (Wildman–Crippen LogP) is 5.32. The molecule has 0 saturated heterocycles. The molecule has 0 aliphatic heterocycles. The third kappa shape index (κ3) is 5.46. The molecule has 0 atom stereocenters. The van der Waals surface area contributed by atoms with E-state index in [4.69, 9.17) is 4.74 Å². The van der Waals surface area contributed by atoms with Crippen molar-refractivity contribution in [2.45, 2.75) is 26.4 Å². The molecule has 0 spiro atoms. The van der Waals surface area contributed by atoms with E-state index in [1.807, 2.05) is 91.4 Å². The van der Waals surface area contributed by atoms with Crippen molar-refractivity contribution in [1.82, 2.24) is 24.5 Å². The molecule has 182 valence electrons. The maximum Gasteiger partial charge on any atom is 0.253 e. The van der Waals surface area contributed by atoms with E-state index in [9.17, 15) is 4.79 Å².